The van der Waals surface area contributed by atoms with Crippen LogP contribution >= 0.6 is 0 Å². The van der Waals surface area contributed by atoms with Crippen LogP contribution in [0.25, 0.3) is 0 Å². The second-order valence-corrected chi connectivity index (χ2v) is 7.32. The standard InChI is InChI=1S/C22H25N3O3/c26-19-9-6-17(7-10-19)5-8-18-4-1-2-15-25(18)22(27)21-12-11-20(28-21)16-24-14-3-13-23-24/h3,6-7,9-14,18,26H,1-2,4-5,8,15-16H2/t18-/m1/s1. The molecule has 4 rings (SSSR count). The number of piperidine rings is 1. The predicted octanol–water partition coefficient (Wildman–Crippen LogP) is 3.86. The monoisotopic (exact) mass is 379 g/mol. The molecule has 146 valence electrons. The van der Waals surface area contributed by atoms with E-state index in [0.29, 0.717) is 12.3 Å². The molecular weight excluding hydrogens is 354 g/mol. The van der Waals surface area contributed by atoms with E-state index in [1.54, 1.807) is 29.1 Å². The number of hydrogen-bond donors (Lipinski definition) is 1. The number of benzene rings is 1. The summed E-state index contributed by atoms with van der Waals surface area (Å²) in [4.78, 5) is 15.0. The van der Waals surface area contributed by atoms with Gasteiger partial charge in [-0.25, -0.2) is 0 Å². The van der Waals surface area contributed by atoms with E-state index in [0.717, 1.165) is 44.4 Å². The van der Waals surface area contributed by atoms with Crippen LogP contribution in [0, 0.1) is 0 Å². The van der Waals surface area contributed by atoms with Gasteiger partial charge in [-0.1, -0.05) is 12.1 Å². The van der Waals surface area contributed by atoms with Crippen molar-refractivity contribution in [2.45, 2.75) is 44.7 Å². The van der Waals surface area contributed by atoms with Crippen LogP contribution in [0.1, 0.15) is 47.6 Å². The normalized spacial score (nSPS) is 17.0. The highest BCUT2D eigenvalue weighted by molar-refractivity contribution is 5.91. The zero-order valence-corrected chi connectivity index (χ0v) is 15.8. The summed E-state index contributed by atoms with van der Waals surface area (Å²) >= 11 is 0. The van der Waals surface area contributed by atoms with Crippen molar-refractivity contribution < 1.29 is 14.3 Å². The van der Waals surface area contributed by atoms with Gasteiger partial charge in [-0.2, -0.15) is 5.10 Å². The van der Waals surface area contributed by atoms with Crippen molar-refractivity contribution in [1.29, 1.82) is 0 Å². The molecule has 1 fully saturated rings. The molecule has 0 saturated carbocycles. The molecule has 3 heterocycles. The number of phenols is 1. The number of carbonyl (C=O) groups is 1. The molecule has 0 unspecified atom stereocenters. The summed E-state index contributed by atoms with van der Waals surface area (Å²) in [6, 6.07) is 13.0. The van der Waals surface area contributed by atoms with Crippen molar-refractivity contribution in [3.63, 3.8) is 0 Å². The summed E-state index contributed by atoms with van der Waals surface area (Å²) in [6.45, 7) is 1.29. The lowest BCUT2D eigenvalue weighted by Crippen LogP contribution is -2.43. The molecule has 1 saturated heterocycles. The number of furan rings is 1. The highest BCUT2D eigenvalue weighted by atomic mass is 16.4. The lowest BCUT2D eigenvalue weighted by molar-refractivity contribution is 0.0567. The van der Waals surface area contributed by atoms with Crippen LogP contribution in [0.2, 0.25) is 0 Å². The first-order chi connectivity index (χ1) is 13.7. The van der Waals surface area contributed by atoms with Crippen molar-refractivity contribution >= 4 is 5.91 Å². The SMILES string of the molecule is O=C(c1ccc(Cn2cccn2)o1)N1CCCC[C@@H]1CCc1ccc(O)cc1. The minimum atomic E-state index is -0.0258. The third kappa shape index (κ3) is 4.27. The van der Waals surface area contributed by atoms with E-state index in [1.807, 2.05) is 35.4 Å². The Morgan fingerprint density at radius 1 is 1.18 bits per heavy atom. The highest BCUT2D eigenvalue weighted by Gasteiger charge is 2.29. The fourth-order valence-corrected chi connectivity index (χ4v) is 3.84. The molecule has 1 aliphatic heterocycles. The maximum Gasteiger partial charge on any atom is 0.289 e. The van der Waals surface area contributed by atoms with Gasteiger partial charge in [-0.15, -0.1) is 0 Å². The van der Waals surface area contributed by atoms with Crippen molar-refractivity contribution in [2.24, 2.45) is 0 Å². The van der Waals surface area contributed by atoms with Crippen molar-refractivity contribution in [1.82, 2.24) is 14.7 Å². The van der Waals surface area contributed by atoms with E-state index in [2.05, 4.69) is 5.10 Å². The number of aromatic hydroxyl groups is 1. The van der Waals surface area contributed by atoms with Gasteiger partial charge in [0.05, 0.1) is 6.54 Å². The molecule has 1 amide bonds. The summed E-state index contributed by atoms with van der Waals surface area (Å²) in [5.41, 5.74) is 1.18. The van der Waals surface area contributed by atoms with Crippen LogP contribution in [0.4, 0.5) is 0 Å². The number of aromatic nitrogens is 2. The number of likely N-dealkylation sites (tertiary alicyclic amines) is 1. The van der Waals surface area contributed by atoms with Gasteiger partial charge in [0.2, 0.25) is 0 Å². The average Bonchev–Trinajstić information content (AvgIpc) is 3.40. The van der Waals surface area contributed by atoms with Gasteiger partial charge >= 0.3 is 0 Å². The first-order valence-electron chi connectivity index (χ1n) is 9.84. The molecule has 28 heavy (non-hydrogen) atoms. The predicted molar refractivity (Wildman–Crippen MR) is 105 cm³/mol. The molecule has 6 nitrogen and oxygen atoms in total. The Hall–Kier alpha value is -3.02. The zero-order valence-electron chi connectivity index (χ0n) is 15.8. The Bertz CT molecular complexity index is 900. The first kappa shape index (κ1) is 18.3. The number of rotatable bonds is 6. The van der Waals surface area contributed by atoms with E-state index >= 15 is 0 Å². The van der Waals surface area contributed by atoms with Gasteiger partial charge in [0.25, 0.3) is 5.91 Å². The number of aryl methyl sites for hydroxylation is 1. The lowest BCUT2D eigenvalue weighted by atomic mass is 9.95. The minimum Gasteiger partial charge on any atom is -0.508 e. The van der Waals surface area contributed by atoms with E-state index in [9.17, 15) is 9.90 Å². The number of carbonyl (C=O) groups excluding carboxylic acids is 1. The van der Waals surface area contributed by atoms with E-state index in [1.165, 1.54) is 5.56 Å². The number of hydrogen-bond acceptors (Lipinski definition) is 4. The topological polar surface area (TPSA) is 71.5 Å². The lowest BCUT2D eigenvalue weighted by Gasteiger charge is -2.35. The molecule has 1 aromatic carbocycles. The molecule has 6 heteroatoms. The van der Waals surface area contributed by atoms with Crippen LogP contribution in [-0.2, 0) is 13.0 Å². The van der Waals surface area contributed by atoms with Crippen LogP contribution < -0.4 is 0 Å². The van der Waals surface area contributed by atoms with Crippen LogP contribution in [0.15, 0.2) is 59.3 Å². The van der Waals surface area contributed by atoms with Gasteiger partial charge < -0.3 is 14.4 Å². The molecule has 0 bridgehead atoms. The smallest absolute Gasteiger partial charge is 0.289 e. The Morgan fingerprint density at radius 2 is 2.04 bits per heavy atom. The zero-order chi connectivity index (χ0) is 19.3. The molecule has 3 aromatic rings. The molecule has 2 aromatic heterocycles. The first-order valence-corrected chi connectivity index (χ1v) is 9.84. The van der Waals surface area contributed by atoms with Crippen LogP contribution in [0.3, 0.4) is 0 Å². The minimum absolute atomic E-state index is 0.0258. The van der Waals surface area contributed by atoms with Gasteiger partial charge in [0, 0.05) is 25.0 Å². The quantitative estimate of drug-likeness (QED) is 0.706. The third-order valence-corrected chi connectivity index (χ3v) is 5.34. The molecular formula is C22H25N3O3. The fourth-order valence-electron chi connectivity index (χ4n) is 3.84. The second kappa shape index (κ2) is 8.33. The summed E-state index contributed by atoms with van der Waals surface area (Å²) < 4.78 is 7.59. The van der Waals surface area contributed by atoms with E-state index in [4.69, 9.17) is 4.42 Å². The second-order valence-electron chi connectivity index (χ2n) is 7.32. The van der Waals surface area contributed by atoms with E-state index in [-0.39, 0.29) is 17.7 Å². The number of nitrogens with zero attached hydrogens (tertiary/aromatic N) is 3. The molecule has 0 radical (unpaired) electrons. The molecule has 0 aliphatic carbocycles. The van der Waals surface area contributed by atoms with Gasteiger partial charge in [0.15, 0.2) is 5.76 Å². The average molecular weight is 379 g/mol. The largest absolute Gasteiger partial charge is 0.508 e. The van der Waals surface area contributed by atoms with Gasteiger partial charge in [0.1, 0.15) is 11.5 Å². The maximum atomic E-state index is 13.1. The Kier molecular flexibility index (Phi) is 5.46. The molecule has 1 atom stereocenters. The van der Waals surface area contributed by atoms with E-state index < -0.39 is 0 Å². The summed E-state index contributed by atoms with van der Waals surface area (Å²) in [5.74, 6) is 1.38. The molecule has 1 aliphatic rings. The van der Waals surface area contributed by atoms with Gasteiger partial charge in [-0.3, -0.25) is 9.48 Å². The number of phenolic OH excluding ortho intramolecular Hbond substituents is 1. The van der Waals surface area contributed by atoms with Crippen LogP contribution in [0.5, 0.6) is 5.75 Å². The van der Waals surface area contributed by atoms with Gasteiger partial charge in [-0.05, 0) is 68.0 Å². The summed E-state index contributed by atoms with van der Waals surface area (Å²) in [7, 11) is 0. The number of amides is 1. The van der Waals surface area contributed by atoms with Crippen LogP contribution in [-0.4, -0.2) is 38.3 Å². The summed E-state index contributed by atoms with van der Waals surface area (Å²) in [5, 5.41) is 13.6. The third-order valence-electron chi connectivity index (χ3n) is 5.34. The Balaban J connectivity index is 1.41. The summed E-state index contributed by atoms with van der Waals surface area (Å²) in [6.07, 6.45) is 8.59. The Morgan fingerprint density at radius 3 is 2.82 bits per heavy atom. The fraction of sp³-hybridized carbons (Fsp3) is 0.364. The maximum absolute atomic E-state index is 13.1. The van der Waals surface area contributed by atoms with Crippen molar-refractivity contribution in [3.05, 3.63) is 71.9 Å². The van der Waals surface area contributed by atoms with Crippen molar-refractivity contribution in [3.8, 4) is 5.75 Å². The molecule has 0 spiro atoms. The molecule has 1 N–H and O–H groups in total. The Labute approximate surface area is 164 Å². The van der Waals surface area contributed by atoms with Crippen molar-refractivity contribution in [2.75, 3.05) is 6.54 Å². The highest BCUT2D eigenvalue weighted by Crippen LogP contribution is 2.24.